The van der Waals surface area contributed by atoms with Crippen LogP contribution in [0.15, 0.2) is 0 Å². The molecule has 0 atom stereocenters. The van der Waals surface area contributed by atoms with Crippen LogP contribution in [0.25, 0.3) is 0 Å². The summed E-state index contributed by atoms with van der Waals surface area (Å²) in [7, 11) is 0. The molecular weight excluding hydrogens is 220 g/mol. The van der Waals surface area contributed by atoms with Gasteiger partial charge in [-0.3, -0.25) is 9.59 Å². The lowest BCUT2D eigenvalue weighted by Gasteiger charge is -2.07. The monoisotopic (exact) mass is 246 g/mol. The molecule has 0 spiro atoms. The molecule has 4 nitrogen and oxygen atoms in total. The molecule has 0 heterocycles. The number of hydrogen-bond donors (Lipinski definition) is 0. The third kappa shape index (κ3) is 10.1. The van der Waals surface area contributed by atoms with Crippen LogP contribution in [0.3, 0.4) is 0 Å². The van der Waals surface area contributed by atoms with E-state index >= 15 is 0 Å². The number of rotatable bonds is 9. The Labute approximate surface area is 105 Å². The maximum absolute atomic E-state index is 11.2. The van der Waals surface area contributed by atoms with Gasteiger partial charge >= 0.3 is 0 Å². The molecule has 0 aliphatic carbocycles. The molecule has 0 aromatic rings. The van der Waals surface area contributed by atoms with Crippen LogP contribution in [0.1, 0.15) is 35.1 Å². The summed E-state index contributed by atoms with van der Waals surface area (Å²) in [5, 5.41) is 0. The molecule has 4 heteroatoms. The highest BCUT2D eigenvalue weighted by molar-refractivity contribution is 5.81. The summed E-state index contributed by atoms with van der Waals surface area (Å²) in [6.45, 7) is 8.30. The van der Waals surface area contributed by atoms with Crippen LogP contribution in [0.2, 0.25) is 0 Å². The summed E-state index contributed by atoms with van der Waals surface area (Å²) in [6.07, 6.45) is 0. The molecule has 0 radical (unpaired) electrons. The summed E-state index contributed by atoms with van der Waals surface area (Å²) in [4.78, 5) is 22.3. The predicted molar refractivity (Wildman–Crippen MR) is 68.1 cm³/mol. The molecule has 0 saturated carbocycles. The molecule has 0 aromatic carbocycles. The second kappa shape index (κ2) is 10.4. The first-order valence-electron chi connectivity index (χ1n) is 5.66. The van der Waals surface area contributed by atoms with Crippen LogP contribution in [0, 0.1) is 11.8 Å². The lowest BCUT2D eigenvalue weighted by molar-refractivity contribution is -0.130. The number of ether oxygens (including phenoxy) is 2. The van der Waals surface area contributed by atoms with Gasteiger partial charge in [0.05, 0.1) is 13.2 Å². The van der Waals surface area contributed by atoms with Gasteiger partial charge in [0.15, 0.2) is 11.6 Å². The molecule has 0 aliphatic heterocycles. The van der Waals surface area contributed by atoms with E-state index in [9.17, 15) is 9.59 Å². The zero-order valence-corrected chi connectivity index (χ0v) is 10.6. The average molecular weight is 246 g/mol. The van der Waals surface area contributed by atoms with E-state index in [0.29, 0.717) is 13.2 Å². The van der Waals surface area contributed by atoms with Gasteiger partial charge in [-0.05, 0) is 0 Å². The molecule has 0 fully saturated rings. The van der Waals surface area contributed by atoms with E-state index in [2.05, 4.69) is 0 Å². The Kier molecular flexibility index (Phi) is 11.4. The van der Waals surface area contributed by atoms with E-state index < -0.39 is 0 Å². The minimum atomic E-state index is 0. The van der Waals surface area contributed by atoms with E-state index in [1.54, 1.807) is 0 Å². The van der Waals surface area contributed by atoms with E-state index in [1.807, 2.05) is 27.7 Å². The highest BCUT2D eigenvalue weighted by Gasteiger charge is 2.08. The van der Waals surface area contributed by atoms with Crippen molar-refractivity contribution in [3.63, 3.8) is 0 Å². The number of hydrogen-bond acceptors (Lipinski definition) is 4. The highest BCUT2D eigenvalue weighted by atomic mass is 16.5. The van der Waals surface area contributed by atoms with E-state index in [-0.39, 0.29) is 44.0 Å². The van der Waals surface area contributed by atoms with Gasteiger partial charge < -0.3 is 9.47 Å². The van der Waals surface area contributed by atoms with Crippen molar-refractivity contribution >= 4 is 11.6 Å². The number of carbonyl (C=O) groups excluding carboxylic acids is 2. The molecule has 0 aromatic heterocycles. The molecule has 0 N–H and O–H groups in total. The maximum atomic E-state index is 11.2. The average Bonchev–Trinajstić information content (AvgIpc) is 2.21. The third-order valence-electron chi connectivity index (χ3n) is 2.15. The second-order valence-electron chi connectivity index (χ2n) is 4.35. The van der Waals surface area contributed by atoms with Crippen molar-refractivity contribution in [2.75, 3.05) is 26.4 Å². The zero-order chi connectivity index (χ0) is 12.6. The predicted octanol–water partition coefficient (Wildman–Crippen LogP) is 2.11. The Hall–Kier alpha value is -0.740. The molecule has 0 unspecified atom stereocenters. The van der Waals surface area contributed by atoms with Crippen molar-refractivity contribution in [2.45, 2.75) is 35.1 Å². The van der Waals surface area contributed by atoms with Gasteiger partial charge in [0.2, 0.25) is 0 Å². The van der Waals surface area contributed by atoms with Gasteiger partial charge in [-0.25, -0.2) is 0 Å². The summed E-state index contributed by atoms with van der Waals surface area (Å²) < 4.78 is 10.2. The van der Waals surface area contributed by atoms with Crippen molar-refractivity contribution in [2.24, 2.45) is 11.8 Å². The quantitative estimate of drug-likeness (QED) is 0.585. The van der Waals surface area contributed by atoms with Crippen LogP contribution < -0.4 is 0 Å². The number of ketones is 2. The smallest absolute Gasteiger partial charge is 0.160 e. The fourth-order valence-electron chi connectivity index (χ4n) is 0.797. The Morgan fingerprint density at radius 1 is 0.824 bits per heavy atom. The van der Waals surface area contributed by atoms with Crippen LogP contribution in [0.4, 0.5) is 0 Å². The standard InChI is InChI=1S/C12H22O4.CH4/c1-9(2)11(13)7-15-5-6-16-8-12(14)10(3)4;/h9-10H,5-8H2,1-4H3;1H4. The van der Waals surface area contributed by atoms with Gasteiger partial charge in [-0.2, -0.15) is 0 Å². The highest BCUT2D eigenvalue weighted by Crippen LogP contribution is 1.96. The van der Waals surface area contributed by atoms with Crippen molar-refractivity contribution < 1.29 is 19.1 Å². The largest absolute Gasteiger partial charge is 0.371 e. The Balaban J connectivity index is 0. The molecule has 0 rings (SSSR count). The Bertz CT molecular complexity index is 197. The van der Waals surface area contributed by atoms with Gasteiger partial charge in [-0.1, -0.05) is 35.1 Å². The minimum Gasteiger partial charge on any atom is -0.371 e. The van der Waals surface area contributed by atoms with Crippen LogP contribution >= 0.6 is 0 Å². The molecule has 17 heavy (non-hydrogen) atoms. The van der Waals surface area contributed by atoms with Gasteiger partial charge in [-0.15, -0.1) is 0 Å². The fourth-order valence-corrected chi connectivity index (χ4v) is 0.797. The van der Waals surface area contributed by atoms with Crippen molar-refractivity contribution in [1.29, 1.82) is 0 Å². The van der Waals surface area contributed by atoms with E-state index in [1.165, 1.54) is 0 Å². The van der Waals surface area contributed by atoms with Crippen LogP contribution in [0.5, 0.6) is 0 Å². The molecule has 0 aliphatic rings. The number of Topliss-reactive ketones (excluding diaryl/α,β-unsaturated/α-hetero) is 2. The first-order valence-corrected chi connectivity index (χ1v) is 5.66. The van der Waals surface area contributed by atoms with Gasteiger partial charge in [0.25, 0.3) is 0 Å². The van der Waals surface area contributed by atoms with Crippen molar-refractivity contribution in [1.82, 2.24) is 0 Å². The number of carbonyl (C=O) groups is 2. The molecule has 102 valence electrons. The summed E-state index contributed by atoms with van der Waals surface area (Å²) in [5.41, 5.74) is 0. The fraction of sp³-hybridized carbons (Fsp3) is 0.846. The SMILES string of the molecule is C.CC(C)C(=O)COCCOCC(=O)C(C)C. The van der Waals surface area contributed by atoms with E-state index in [0.717, 1.165) is 0 Å². The first kappa shape index (κ1) is 18.6. The lowest BCUT2D eigenvalue weighted by Crippen LogP contribution is -2.19. The minimum absolute atomic E-state index is 0. The summed E-state index contributed by atoms with van der Waals surface area (Å²) >= 11 is 0. The van der Waals surface area contributed by atoms with Crippen molar-refractivity contribution in [3.05, 3.63) is 0 Å². The molecule has 0 saturated heterocycles. The van der Waals surface area contributed by atoms with Crippen molar-refractivity contribution in [3.8, 4) is 0 Å². The molecule has 0 amide bonds. The first-order chi connectivity index (χ1) is 7.45. The summed E-state index contributed by atoms with van der Waals surface area (Å²) in [6, 6.07) is 0. The third-order valence-corrected chi connectivity index (χ3v) is 2.15. The topological polar surface area (TPSA) is 52.6 Å². The zero-order valence-electron chi connectivity index (χ0n) is 10.6. The van der Waals surface area contributed by atoms with Crippen LogP contribution in [-0.2, 0) is 19.1 Å². The lowest BCUT2D eigenvalue weighted by atomic mass is 10.1. The Morgan fingerprint density at radius 2 is 1.12 bits per heavy atom. The maximum Gasteiger partial charge on any atom is 0.160 e. The Morgan fingerprint density at radius 3 is 1.35 bits per heavy atom. The molecular formula is C13H26O4. The normalized spacial score (nSPS) is 10.5. The van der Waals surface area contributed by atoms with Crippen LogP contribution in [-0.4, -0.2) is 38.0 Å². The van der Waals surface area contributed by atoms with E-state index in [4.69, 9.17) is 9.47 Å². The summed E-state index contributed by atoms with van der Waals surface area (Å²) in [5.74, 6) is 0.170. The van der Waals surface area contributed by atoms with Gasteiger partial charge in [0.1, 0.15) is 13.2 Å². The second-order valence-corrected chi connectivity index (χ2v) is 4.35. The molecule has 0 bridgehead atoms. The van der Waals surface area contributed by atoms with Gasteiger partial charge in [0, 0.05) is 11.8 Å².